The van der Waals surface area contributed by atoms with E-state index < -0.39 is 0 Å². The number of nitrogens with one attached hydrogen (secondary N) is 1. The van der Waals surface area contributed by atoms with Crippen molar-refractivity contribution in [2.45, 2.75) is 52.0 Å². The Morgan fingerprint density at radius 1 is 1.21 bits per heavy atom. The van der Waals surface area contributed by atoms with Crippen LogP contribution in [0, 0.1) is 17.7 Å². The standard InChI is InChI=1S/C17H26FN/c1-3-19-17(14-10-8-13(2)9-11-14)12-15-6-4-5-7-16(15)18/h4-7,13-14,17,19H,3,8-12H2,1-2H3. The van der Waals surface area contributed by atoms with Crippen molar-refractivity contribution in [2.75, 3.05) is 6.54 Å². The third-order valence-corrected chi connectivity index (χ3v) is 4.49. The molecule has 1 aliphatic rings. The SMILES string of the molecule is CCNC(Cc1ccccc1F)C1CCC(C)CC1. The molecule has 2 rings (SSSR count). The molecule has 1 saturated carbocycles. The Morgan fingerprint density at radius 3 is 2.53 bits per heavy atom. The van der Waals surface area contributed by atoms with Crippen LogP contribution in [0.5, 0.6) is 0 Å². The van der Waals surface area contributed by atoms with Crippen LogP contribution in [0.2, 0.25) is 0 Å². The van der Waals surface area contributed by atoms with Gasteiger partial charge < -0.3 is 5.32 Å². The van der Waals surface area contributed by atoms with Crippen LogP contribution in [0.3, 0.4) is 0 Å². The van der Waals surface area contributed by atoms with Crippen LogP contribution in [-0.4, -0.2) is 12.6 Å². The normalized spacial score (nSPS) is 25.2. The lowest BCUT2D eigenvalue weighted by Gasteiger charge is -2.33. The molecule has 1 nitrogen and oxygen atoms in total. The third-order valence-electron chi connectivity index (χ3n) is 4.49. The molecule has 0 spiro atoms. The molecule has 19 heavy (non-hydrogen) atoms. The lowest BCUT2D eigenvalue weighted by Crippen LogP contribution is -2.39. The van der Waals surface area contributed by atoms with Crippen molar-refractivity contribution in [1.29, 1.82) is 0 Å². The summed E-state index contributed by atoms with van der Waals surface area (Å²) in [5.41, 5.74) is 0.854. The minimum Gasteiger partial charge on any atom is -0.314 e. The van der Waals surface area contributed by atoms with E-state index in [1.165, 1.54) is 25.7 Å². The van der Waals surface area contributed by atoms with Crippen LogP contribution >= 0.6 is 0 Å². The molecule has 0 bridgehead atoms. The molecule has 1 aromatic carbocycles. The molecule has 0 heterocycles. The van der Waals surface area contributed by atoms with Gasteiger partial charge in [0.05, 0.1) is 0 Å². The van der Waals surface area contributed by atoms with Gasteiger partial charge in [0.15, 0.2) is 0 Å². The monoisotopic (exact) mass is 263 g/mol. The maximum absolute atomic E-state index is 13.8. The van der Waals surface area contributed by atoms with Crippen molar-refractivity contribution in [3.63, 3.8) is 0 Å². The van der Waals surface area contributed by atoms with Crippen LogP contribution in [0.25, 0.3) is 0 Å². The summed E-state index contributed by atoms with van der Waals surface area (Å²) in [5.74, 6) is 1.51. The number of likely N-dealkylation sites (N-methyl/N-ethyl adjacent to an activating group) is 1. The second-order valence-corrected chi connectivity index (χ2v) is 5.98. The number of halogens is 1. The van der Waals surface area contributed by atoms with E-state index in [0.29, 0.717) is 12.0 Å². The van der Waals surface area contributed by atoms with Crippen LogP contribution in [0.1, 0.15) is 45.1 Å². The van der Waals surface area contributed by atoms with Gasteiger partial charge >= 0.3 is 0 Å². The van der Waals surface area contributed by atoms with E-state index >= 15 is 0 Å². The number of rotatable bonds is 5. The van der Waals surface area contributed by atoms with Gasteiger partial charge in [0.25, 0.3) is 0 Å². The highest BCUT2D eigenvalue weighted by molar-refractivity contribution is 5.18. The molecule has 0 amide bonds. The van der Waals surface area contributed by atoms with Crippen molar-refractivity contribution >= 4 is 0 Å². The minimum absolute atomic E-state index is 0.0606. The summed E-state index contributed by atoms with van der Waals surface area (Å²) in [6, 6.07) is 7.62. The molecule has 0 aliphatic heterocycles. The Labute approximate surface area is 116 Å². The first kappa shape index (κ1) is 14.5. The molecule has 0 saturated heterocycles. The Morgan fingerprint density at radius 2 is 1.89 bits per heavy atom. The summed E-state index contributed by atoms with van der Waals surface area (Å²) in [5, 5.41) is 3.58. The van der Waals surface area contributed by atoms with E-state index in [4.69, 9.17) is 0 Å². The van der Waals surface area contributed by atoms with Gasteiger partial charge in [-0.05, 0) is 49.3 Å². The molecule has 1 N–H and O–H groups in total. The van der Waals surface area contributed by atoms with Crippen molar-refractivity contribution in [3.05, 3.63) is 35.6 Å². The number of hydrogen-bond acceptors (Lipinski definition) is 1. The Hall–Kier alpha value is -0.890. The topological polar surface area (TPSA) is 12.0 Å². The van der Waals surface area contributed by atoms with E-state index in [2.05, 4.69) is 19.2 Å². The third kappa shape index (κ3) is 4.04. The first-order valence-electron chi connectivity index (χ1n) is 7.67. The molecular weight excluding hydrogens is 237 g/mol. The van der Waals surface area contributed by atoms with Crippen LogP contribution in [0.4, 0.5) is 4.39 Å². The number of benzene rings is 1. The Bertz CT molecular complexity index is 383. The van der Waals surface area contributed by atoms with Gasteiger partial charge in [-0.3, -0.25) is 0 Å². The minimum atomic E-state index is -0.0606. The molecule has 2 heteroatoms. The summed E-state index contributed by atoms with van der Waals surface area (Å²) in [7, 11) is 0. The summed E-state index contributed by atoms with van der Waals surface area (Å²) in [6.45, 7) is 5.44. The largest absolute Gasteiger partial charge is 0.314 e. The van der Waals surface area contributed by atoms with Crippen molar-refractivity contribution < 1.29 is 4.39 Å². The maximum Gasteiger partial charge on any atom is 0.126 e. The molecule has 0 aromatic heterocycles. The highest BCUT2D eigenvalue weighted by Gasteiger charge is 2.26. The molecule has 106 valence electrons. The molecule has 0 radical (unpaired) electrons. The first-order chi connectivity index (χ1) is 9.20. The Kier molecular flexibility index (Phi) is 5.38. The van der Waals surface area contributed by atoms with Gasteiger partial charge in [0.1, 0.15) is 5.82 Å². The zero-order valence-corrected chi connectivity index (χ0v) is 12.2. The fourth-order valence-corrected chi connectivity index (χ4v) is 3.26. The van der Waals surface area contributed by atoms with E-state index in [1.807, 2.05) is 12.1 Å². The van der Waals surface area contributed by atoms with Crippen molar-refractivity contribution in [2.24, 2.45) is 11.8 Å². The zero-order valence-electron chi connectivity index (χ0n) is 12.2. The molecule has 1 atom stereocenters. The molecule has 1 aromatic rings. The fourth-order valence-electron chi connectivity index (χ4n) is 3.26. The summed E-state index contributed by atoms with van der Waals surface area (Å²) >= 11 is 0. The average molecular weight is 263 g/mol. The van der Waals surface area contributed by atoms with Gasteiger partial charge in [-0.15, -0.1) is 0 Å². The van der Waals surface area contributed by atoms with Gasteiger partial charge in [-0.1, -0.05) is 44.9 Å². The van der Waals surface area contributed by atoms with Gasteiger partial charge in [0, 0.05) is 6.04 Å². The molecule has 1 aliphatic carbocycles. The average Bonchev–Trinajstić information content (AvgIpc) is 2.42. The summed E-state index contributed by atoms with van der Waals surface area (Å²) in [6.07, 6.45) is 6.04. The molecular formula is C17H26FN. The quantitative estimate of drug-likeness (QED) is 0.840. The van der Waals surface area contributed by atoms with E-state index in [1.54, 1.807) is 12.1 Å². The second kappa shape index (κ2) is 7.04. The Balaban J connectivity index is 2.02. The first-order valence-corrected chi connectivity index (χ1v) is 7.67. The van der Waals surface area contributed by atoms with Gasteiger partial charge in [-0.2, -0.15) is 0 Å². The lowest BCUT2D eigenvalue weighted by atomic mass is 9.77. The zero-order chi connectivity index (χ0) is 13.7. The van der Waals surface area contributed by atoms with Gasteiger partial charge in [-0.25, -0.2) is 4.39 Å². The smallest absolute Gasteiger partial charge is 0.126 e. The summed E-state index contributed by atoms with van der Waals surface area (Å²) in [4.78, 5) is 0. The van der Waals surface area contributed by atoms with Crippen molar-refractivity contribution in [3.8, 4) is 0 Å². The number of hydrogen-bond donors (Lipinski definition) is 1. The van der Waals surface area contributed by atoms with Crippen molar-refractivity contribution in [1.82, 2.24) is 5.32 Å². The van der Waals surface area contributed by atoms with Gasteiger partial charge in [0.2, 0.25) is 0 Å². The predicted molar refractivity (Wildman–Crippen MR) is 78.7 cm³/mol. The van der Waals surface area contributed by atoms with E-state index in [9.17, 15) is 4.39 Å². The molecule has 1 fully saturated rings. The lowest BCUT2D eigenvalue weighted by molar-refractivity contribution is 0.229. The highest BCUT2D eigenvalue weighted by atomic mass is 19.1. The predicted octanol–water partition coefficient (Wildman–Crippen LogP) is 4.17. The maximum atomic E-state index is 13.8. The van der Waals surface area contributed by atoms with Crippen LogP contribution in [-0.2, 0) is 6.42 Å². The highest BCUT2D eigenvalue weighted by Crippen LogP contribution is 2.31. The van der Waals surface area contributed by atoms with E-state index in [0.717, 1.165) is 24.4 Å². The van der Waals surface area contributed by atoms with Crippen LogP contribution in [0.15, 0.2) is 24.3 Å². The van der Waals surface area contributed by atoms with Crippen LogP contribution < -0.4 is 5.32 Å². The fraction of sp³-hybridized carbons (Fsp3) is 0.647. The molecule has 1 unspecified atom stereocenters. The summed E-state index contributed by atoms with van der Waals surface area (Å²) < 4.78 is 13.8. The second-order valence-electron chi connectivity index (χ2n) is 5.98. The van der Waals surface area contributed by atoms with E-state index in [-0.39, 0.29) is 5.82 Å².